The van der Waals surface area contributed by atoms with E-state index >= 15 is 0 Å². The molecule has 5 heteroatoms. The molecule has 1 aliphatic rings. The fourth-order valence-electron chi connectivity index (χ4n) is 3.83. The second-order valence-electron chi connectivity index (χ2n) is 6.83. The lowest BCUT2D eigenvalue weighted by molar-refractivity contribution is -0.116. The van der Waals surface area contributed by atoms with Gasteiger partial charge >= 0.3 is 0 Å². The minimum atomic E-state index is 0.0395. The number of aromatic nitrogens is 1. The molecule has 3 rings (SSSR count). The number of aryl methyl sites for hydroxylation is 1. The molecule has 1 aliphatic heterocycles. The largest absolute Gasteiger partial charge is 0.493 e. The van der Waals surface area contributed by atoms with Crippen molar-refractivity contribution in [3.63, 3.8) is 0 Å². The van der Waals surface area contributed by atoms with E-state index in [4.69, 9.17) is 9.47 Å². The second kappa shape index (κ2) is 6.98. The van der Waals surface area contributed by atoms with E-state index in [1.807, 2.05) is 26.0 Å². The standard InChI is InChI=1S/C21H25NO4/c1-12(23)6-7-16-14(3)22-9-8-15-10-18(25-4)19(26-5)11-17(15)20(22)13(2)21(16)24/h10-11H,6-9H2,1-5H3. The maximum atomic E-state index is 13.0. The highest BCUT2D eigenvalue weighted by atomic mass is 16.5. The minimum Gasteiger partial charge on any atom is -0.493 e. The van der Waals surface area contributed by atoms with Crippen LogP contribution in [0.1, 0.15) is 35.7 Å². The number of carbonyl (C=O) groups is 1. The van der Waals surface area contributed by atoms with Gasteiger partial charge in [0.25, 0.3) is 0 Å². The third-order valence-electron chi connectivity index (χ3n) is 5.28. The monoisotopic (exact) mass is 355 g/mol. The van der Waals surface area contributed by atoms with Crippen LogP contribution in [0.3, 0.4) is 0 Å². The first kappa shape index (κ1) is 18.2. The van der Waals surface area contributed by atoms with E-state index in [9.17, 15) is 9.59 Å². The van der Waals surface area contributed by atoms with Crippen LogP contribution in [0.5, 0.6) is 11.5 Å². The molecule has 1 aromatic carbocycles. The molecule has 5 nitrogen and oxygen atoms in total. The molecule has 0 saturated carbocycles. The third kappa shape index (κ3) is 2.91. The summed E-state index contributed by atoms with van der Waals surface area (Å²) in [6, 6.07) is 3.96. The Morgan fingerprint density at radius 2 is 1.81 bits per heavy atom. The number of hydrogen-bond donors (Lipinski definition) is 0. The molecular weight excluding hydrogens is 330 g/mol. The third-order valence-corrected chi connectivity index (χ3v) is 5.28. The number of fused-ring (bicyclic) bond motifs is 3. The van der Waals surface area contributed by atoms with Crippen LogP contribution >= 0.6 is 0 Å². The number of carbonyl (C=O) groups excluding carboxylic acids is 1. The predicted molar refractivity (Wildman–Crippen MR) is 101 cm³/mol. The van der Waals surface area contributed by atoms with Crippen molar-refractivity contribution in [2.45, 2.75) is 46.6 Å². The van der Waals surface area contributed by atoms with Gasteiger partial charge < -0.3 is 18.8 Å². The molecule has 0 spiro atoms. The van der Waals surface area contributed by atoms with E-state index in [1.54, 1.807) is 21.1 Å². The summed E-state index contributed by atoms with van der Waals surface area (Å²) in [6.45, 7) is 6.22. The zero-order valence-corrected chi connectivity index (χ0v) is 16.1. The SMILES string of the molecule is COc1cc2c(cc1OC)-c1c(C)c(=O)c(CCC(C)=O)c(C)n1CC2. The molecule has 0 bridgehead atoms. The number of nitrogens with zero attached hydrogens (tertiary/aromatic N) is 1. The maximum Gasteiger partial charge on any atom is 0.188 e. The molecule has 2 heterocycles. The normalized spacial score (nSPS) is 12.3. The van der Waals surface area contributed by atoms with Crippen molar-refractivity contribution in [3.8, 4) is 22.8 Å². The van der Waals surface area contributed by atoms with Gasteiger partial charge in [0.1, 0.15) is 5.78 Å². The molecule has 0 saturated heterocycles. The summed E-state index contributed by atoms with van der Waals surface area (Å²) in [6.07, 6.45) is 1.76. The summed E-state index contributed by atoms with van der Waals surface area (Å²) < 4.78 is 13.1. The fourth-order valence-corrected chi connectivity index (χ4v) is 3.83. The number of ketones is 1. The van der Waals surface area contributed by atoms with E-state index < -0.39 is 0 Å². The van der Waals surface area contributed by atoms with Crippen LogP contribution in [0.2, 0.25) is 0 Å². The van der Waals surface area contributed by atoms with Crippen LogP contribution in [0.25, 0.3) is 11.3 Å². The van der Waals surface area contributed by atoms with Gasteiger partial charge in [-0.2, -0.15) is 0 Å². The second-order valence-corrected chi connectivity index (χ2v) is 6.83. The Morgan fingerprint density at radius 1 is 1.15 bits per heavy atom. The number of benzene rings is 1. The van der Waals surface area contributed by atoms with E-state index in [0.29, 0.717) is 24.3 Å². The molecule has 0 radical (unpaired) electrons. The quantitative estimate of drug-likeness (QED) is 0.826. The van der Waals surface area contributed by atoms with Gasteiger partial charge in [-0.25, -0.2) is 0 Å². The van der Waals surface area contributed by atoms with Crippen molar-refractivity contribution in [1.29, 1.82) is 0 Å². The number of Topliss-reactive ketones (excluding diaryl/α,β-unsaturated/α-hetero) is 1. The van der Waals surface area contributed by atoms with Gasteiger partial charge in [-0.1, -0.05) is 0 Å². The Kier molecular flexibility index (Phi) is 4.90. The number of pyridine rings is 1. The Labute approximate surface area is 153 Å². The van der Waals surface area contributed by atoms with E-state index in [-0.39, 0.29) is 11.2 Å². The maximum absolute atomic E-state index is 13.0. The van der Waals surface area contributed by atoms with Gasteiger partial charge in [-0.3, -0.25) is 4.79 Å². The van der Waals surface area contributed by atoms with Crippen LogP contribution in [0.4, 0.5) is 0 Å². The molecule has 0 N–H and O–H groups in total. The lowest BCUT2D eigenvalue weighted by atomic mass is 9.91. The van der Waals surface area contributed by atoms with Gasteiger partial charge in [0.15, 0.2) is 16.9 Å². The molecule has 26 heavy (non-hydrogen) atoms. The van der Waals surface area contributed by atoms with Gasteiger partial charge in [0.2, 0.25) is 0 Å². The van der Waals surface area contributed by atoms with Crippen LogP contribution in [-0.4, -0.2) is 24.6 Å². The van der Waals surface area contributed by atoms with Crippen LogP contribution < -0.4 is 14.9 Å². The minimum absolute atomic E-state index is 0.0395. The van der Waals surface area contributed by atoms with Gasteiger partial charge in [-0.15, -0.1) is 0 Å². The van der Waals surface area contributed by atoms with Crippen molar-refractivity contribution < 1.29 is 14.3 Å². The Bertz CT molecular complexity index is 940. The van der Waals surface area contributed by atoms with Crippen molar-refractivity contribution in [1.82, 2.24) is 4.57 Å². The Balaban J connectivity index is 2.23. The average molecular weight is 355 g/mol. The lowest BCUT2D eigenvalue weighted by Crippen LogP contribution is -2.26. The molecular formula is C21H25NO4. The molecule has 0 unspecified atom stereocenters. The zero-order valence-electron chi connectivity index (χ0n) is 16.1. The number of ether oxygens (including phenoxy) is 2. The van der Waals surface area contributed by atoms with Crippen molar-refractivity contribution >= 4 is 5.78 Å². The Morgan fingerprint density at radius 3 is 2.42 bits per heavy atom. The molecule has 0 amide bonds. The summed E-state index contributed by atoms with van der Waals surface area (Å²) in [4.78, 5) is 24.4. The fraction of sp³-hybridized carbons (Fsp3) is 0.429. The highest BCUT2D eigenvalue weighted by molar-refractivity contribution is 5.76. The first-order valence-corrected chi connectivity index (χ1v) is 8.86. The smallest absolute Gasteiger partial charge is 0.188 e. The number of methoxy groups -OCH3 is 2. The Hall–Kier alpha value is -2.56. The molecule has 1 aromatic heterocycles. The highest BCUT2D eigenvalue weighted by Gasteiger charge is 2.25. The van der Waals surface area contributed by atoms with Crippen LogP contribution in [0.15, 0.2) is 16.9 Å². The molecule has 0 aliphatic carbocycles. The topological polar surface area (TPSA) is 57.5 Å². The van der Waals surface area contributed by atoms with E-state index in [2.05, 4.69) is 4.57 Å². The summed E-state index contributed by atoms with van der Waals surface area (Å²) in [5, 5.41) is 0. The van der Waals surface area contributed by atoms with E-state index in [1.165, 1.54) is 0 Å². The molecule has 0 atom stereocenters. The van der Waals surface area contributed by atoms with Gasteiger partial charge in [0, 0.05) is 35.3 Å². The first-order chi connectivity index (χ1) is 12.4. The van der Waals surface area contributed by atoms with Gasteiger partial charge in [-0.05, 0) is 51.3 Å². The number of hydrogen-bond acceptors (Lipinski definition) is 4. The summed E-state index contributed by atoms with van der Waals surface area (Å²) in [5.41, 5.74) is 5.59. The van der Waals surface area contributed by atoms with Crippen molar-refractivity contribution in [2.75, 3.05) is 14.2 Å². The number of rotatable bonds is 5. The average Bonchev–Trinajstić information content (AvgIpc) is 2.63. The summed E-state index contributed by atoms with van der Waals surface area (Å²) in [7, 11) is 3.24. The summed E-state index contributed by atoms with van der Waals surface area (Å²) in [5.74, 6) is 1.46. The molecule has 2 aromatic rings. The van der Waals surface area contributed by atoms with Crippen molar-refractivity contribution in [2.24, 2.45) is 0 Å². The highest BCUT2D eigenvalue weighted by Crippen LogP contribution is 2.39. The predicted octanol–water partition coefficient (Wildman–Crippen LogP) is 3.23. The van der Waals surface area contributed by atoms with Crippen LogP contribution in [-0.2, 0) is 24.2 Å². The van der Waals surface area contributed by atoms with Crippen molar-refractivity contribution in [3.05, 3.63) is 44.7 Å². The zero-order chi connectivity index (χ0) is 19.0. The van der Waals surface area contributed by atoms with E-state index in [0.717, 1.165) is 46.6 Å². The molecule has 0 fully saturated rings. The van der Waals surface area contributed by atoms with Crippen LogP contribution in [0, 0.1) is 13.8 Å². The summed E-state index contributed by atoms with van der Waals surface area (Å²) >= 11 is 0. The first-order valence-electron chi connectivity index (χ1n) is 8.86. The lowest BCUT2D eigenvalue weighted by Gasteiger charge is -2.28. The van der Waals surface area contributed by atoms with Gasteiger partial charge in [0.05, 0.1) is 19.9 Å². The molecule has 138 valence electrons.